The minimum Gasteiger partial charge on any atom is -0.490 e. The summed E-state index contributed by atoms with van der Waals surface area (Å²) in [5.74, 6) is -0.622. The standard InChI is InChI=1S/C23H28N4O3S/c24-21(28)23(29)27-11-8-19-20(14-27)31-22(25-19)15-4-6-17(7-5-15)30-18-12-16(13-18)26-9-2-1-3-10-26/h4-7,16,18H,1-3,8-14H2,(H2,24,28)/t16-,18-. The van der Waals surface area contributed by atoms with Crippen molar-refractivity contribution in [2.75, 3.05) is 19.6 Å². The number of primary amides is 1. The molecule has 2 amide bonds. The first-order valence-corrected chi connectivity index (χ1v) is 12.0. The van der Waals surface area contributed by atoms with Gasteiger partial charge in [-0.25, -0.2) is 4.98 Å². The van der Waals surface area contributed by atoms with Crippen LogP contribution in [0.4, 0.5) is 0 Å². The Morgan fingerprint density at radius 3 is 2.52 bits per heavy atom. The molecule has 164 valence electrons. The summed E-state index contributed by atoms with van der Waals surface area (Å²) in [5, 5.41) is 0.929. The summed E-state index contributed by atoms with van der Waals surface area (Å²) >= 11 is 1.57. The predicted molar refractivity (Wildman–Crippen MR) is 119 cm³/mol. The van der Waals surface area contributed by atoms with Crippen molar-refractivity contribution in [1.82, 2.24) is 14.8 Å². The molecule has 0 atom stereocenters. The molecule has 0 bridgehead atoms. The minimum atomic E-state index is -0.905. The van der Waals surface area contributed by atoms with E-state index in [-0.39, 0.29) is 0 Å². The quantitative estimate of drug-likeness (QED) is 0.738. The second-order valence-corrected chi connectivity index (χ2v) is 9.80. The van der Waals surface area contributed by atoms with Crippen molar-refractivity contribution in [3.8, 4) is 16.3 Å². The Balaban J connectivity index is 1.18. The lowest BCUT2D eigenvalue weighted by Gasteiger charge is -2.44. The normalized spacial score (nSPS) is 23.7. The molecule has 1 saturated heterocycles. The van der Waals surface area contributed by atoms with Crippen LogP contribution in [-0.2, 0) is 22.6 Å². The molecule has 0 unspecified atom stereocenters. The summed E-state index contributed by atoms with van der Waals surface area (Å²) in [4.78, 5) is 33.0. The first-order chi connectivity index (χ1) is 15.1. The molecular formula is C23H28N4O3S. The number of aromatic nitrogens is 1. The van der Waals surface area contributed by atoms with Crippen molar-refractivity contribution in [3.63, 3.8) is 0 Å². The predicted octanol–water partition coefficient (Wildman–Crippen LogP) is 2.58. The Labute approximate surface area is 186 Å². The van der Waals surface area contributed by atoms with Crippen LogP contribution >= 0.6 is 11.3 Å². The fourth-order valence-electron chi connectivity index (χ4n) is 4.73. The lowest BCUT2D eigenvalue weighted by molar-refractivity contribution is -0.144. The molecule has 7 nitrogen and oxygen atoms in total. The Morgan fingerprint density at radius 2 is 1.81 bits per heavy atom. The smallest absolute Gasteiger partial charge is 0.311 e. The molecule has 2 aromatic rings. The van der Waals surface area contributed by atoms with Crippen LogP contribution in [0.25, 0.3) is 10.6 Å². The van der Waals surface area contributed by atoms with E-state index in [1.807, 2.05) is 24.3 Å². The SMILES string of the molecule is NC(=O)C(=O)N1CCc2nc(-c3ccc(O[C@H]4C[C@H](N5CCCCC5)C4)cc3)sc2C1. The van der Waals surface area contributed by atoms with Crippen LogP contribution in [0.5, 0.6) is 5.75 Å². The van der Waals surface area contributed by atoms with Gasteiger partial charge in [0.2, 0.25) is 0 Å². The summed E-state index contributed by atoms with van der Waals surface area (Å²) in [6.45, 7) is 3.37. The molecule has 8 heteroatoms. The van der Waals surface area contributed by atoms with Crippen LogP contribution in [0, 0.1) is 0 Å². The van der Waals surface area contributed by atoms with E-state index in [9.17, 15) is 9.59 Å². The summed E-state index contributed by atoms with van der Waals surface area (Å²) in [5.41, 5.74) is 7.18. The van der Waals surface area contributed by atoms with Gasteiger partial charge in [-0.05, 0) is 50.2 Å². The molecule has 0 spiro atoms. The van der Waals surface area contributed by atoms with Crippen molar-refractivity contribution < 1.29 is 14.3 Å². The number of nitrogens with two attached hydrogens (primary N) is 1. The molecule has 1 aliphatic carbocycles. The number of hydrogen-bond donors (Lipinski definition) is 1. The molecule has 1 aromatic heterocycles. The Morgan fingerprint density at radius 1 is 1.06 bits per heavy atom. The van der Waals surface area contributed by atoms with E-state index in [0.29, 0.717) is 31.7 Å². The van der Waals surface area contributed by atoms with Crippen molar-refractivity contribution in [3.05, 3.63) is 34.8 Å². The van der Waals surface area contributed by atoms with Crippen LogP contribution < -0.4 is 10.5 Å². The minimum absolute atomic E-state index is 0.318. The van der Waals surface area contributed by atoms with Gasteiger partial charge in [0.15, 0.2) is 0 Å². The van der Waals surface area contributed by atoms with Gasteiger partial charge < -0.3 is 20.3 Å². The van der Waals surface area contributed by atoms with Crippen LogP contribution in [-0.4, -0.2) is 58.4 Å². The summed E-state index contributed by atoms with van der Waals surface area (Å²) in [6, 6.07) is 8.84. The van der Waals surface area contributed by atoms with E-state index in [0.717, 1.165) is 39.7 Å². The number of rotatable bonds is 4. The van der Waals surface area contributed by atoms with E-state index < -0.39 is 11.8 Å². The van der Waals surface area contributed by atoms with Crippen LogP contribution in [0.2, 0.25) is 0 Å². The highest BCUT2D eigenvalue weighted by Crippen LogP contribution is 2.34. The monoisotopic (exact) mass is 440 g/mol. The highest BCUT2D eigenvalue weighted by Gasteiger charge is 2.35. The lowest BCUT2D eigenvalue weighted by Crippen LogP contribution is -2.50. The van der Waals surface area contributed by atoms with Gasteiger partial charge in [-0.2, -0.15) is 0 Å². The van der Waals surface area contributed by atoms with Gasteiger partial charge in [0.05, 0.1) is 12.2 Å². The van der Waals surface area contributed by atoms with E-state index in [2.05, 4.69) is 4.90 Å². The maximum absolute atomic E-state index is 11.9. The zero-order chi connectivity index (χ0) is 21.4. The third kappa shape index (κ3) is 4.32. The average Bonchev–Trinajstić information content (AvgIpc) is 3.19. The number of ether oxygens (including phenoxy) is 1. The number of fused-ring (bicyclic) bond motifs is 1. The van der Waals surface area contributed by atoms with Gasteiger partial charge in [0, 0.05) is 42.3 Å². The van der Waals surface area contributed by atoms with Crippen LogP contribution in [0.15, 0.2) is 24.3 Å². The number of carbonyl (C=O) groups is 2. The summed E-state index contributed by atoms with van der Waals surface area (Å²) in [6.07, 6.45) is 7.27. The Hall–Kier alpha value is -2.45. The van der Waals surface area contributed by atoms with Gasteiger partial charge in [-0.1, -0.05) is 6.42 Å². The molecule has 1 aromatic carbocycles. The van der Waals surface area contributed by atoms with Crippen molar-refractivity contribution in [2.24, 2.45) is 5.73 Å². The third-order valence-electron chi connectivity index (χ3n) is 6.61. The number of piperidine rings is 1. The number of thiazole rings is 1. The average molecular weight is 441 g/mol. The second kappa shape index (κ2) is 8.59. The van der Waals surface area contributed by atoms with Crippen LogP contribution in [0.1, 0.15) is 42.7 Å². The largest absolute Gasteiger partial charge is 0.490 e. The third-order valence-corrected chi connectivity index (χ3v) is 7.74. The number of hydrogen-bond acceptors (Lipinski definition) is 6. The Bertz CT molecular complexity index is 962. The molecular weight excluding hydrogens is 412 g/mol. The topological polar surface area (TPSA) is 88.8 Å². The fourth-order valence-corrected chi connectivity index (χ4v) is 5.86. The fraction of sp³-hybridized carbons (Fsp3) is 0.522. The maximum Gasteiger partial charge on any atom is 0.311 e. The number of likely N-dealkylation sites (tertiary alicyclic amines) is 1. The molecule has 2 fully saturated rings. The number of carbonyl (C=O) groups excluding carboxylic acids is 2. The van der Waals surface area contributed by atoms with Crippen molar-refractivity contribution >= 4 is 23.2 Å². The second-order valence-electron chi connectivity index (χ2n) is 8.72. The first kappa shape index (κ1) is 20.5. The van der Waals surface area contributed by atoms with Gasteiger partial charge in [0.1, 0.15) is 16.9 Å². The van der Waals surface area contributed by atoms with Gasteiger partial charge in [-0.15, -0.1) is 11.3 Å². The van der Waals surface area contributed by atoms with Crippen molar-refractivity contribution in [1.29, 1.82) is 0 Å². The van der Waals surface area contributed by atoms with E-state index >= 15 is 0 Å². The van der Waals surface area contributed by atoms with Gasteiger partial charge in [0.25, 0.3) is 0 Å². The van der Waals surface area contributed by atoms with Gasteiger partial charge in [-0.3, -0.25) is 9.59 Å². The highest BCUT2D eigenvalue weighted by molar-refractivity contribution is 7.15. The number of amides is 2. The molecule has 0 radical (unpaired) electrons. The molecule has 2 aliphatic heterocycles. The summed E-state index contributed by atoms with van der Waals surface area (Å²) in [7, 11) is 0. The molecule has 1 saturated carbocycles. The first-order valence-electron chi connectivity index (χ1n) is 11.2. The molecule has 3 aliphatic rings. The van der Waals surface area contributed by atoms with E-state index in [4.69, 9.17) is 15.5 Å². The zero-order valence-corrected chi connectivity index (χ0v) is 18.4. The molecule has 31 heavy (non-hydrogen) atoms. The summed E-state index contributed by atoms with van der Waals surface area (Å²) < 4.78 is 6.17. The van der Waals surface area contributed by atoms with E-state index in [1.54, 1.807) is 11.3 Å². The molecule has 5 rings (SSSR count). The highest BCUT2D eigenvalue weighted by atomic mass is 32.1. The lowest BCUT2D eigenvalue weighted by atomic mass is 9.86. The molecule has 3 heterocycles. The number of nitrogens with zero attached hydrogens (tertiary/aromatic N) is 3. The zero-order valence-electron chi connectivity index (χ0n) is 17.6. The Kier molecular flexibility index (Phi) is 5.67. The van der Waals surface area contributed by atoms with Crippen molar-refractivity contribution in [2.45, 2.75) is 57.2 Å². The van der Waals surface area contributed by atoms with Crippen LogP contribution in [0.3, 0.4) is 0 Å². The molecule has 2 N–H and O–H groups in total. The number of benzene rings is 1. The van der Waals surface area contributed by atoms with Gasteiger partial charge >= 0.3 is 11.8 Å². The maximum atomic E-state index is 11.9. The van der Waals surface area contributed by atoms with E-state index in [1.165, 1.54) is 37.3 Å².